The van der Waals surface area contributed by atoms with Crippen molar-refractivity contribution in [3.8, 4) is 0 Å². The molecule has 0 radical (unpaired) electrons. The molecule has 136 valence electrons. The van der Waals surface area contributed by atoms with E-state index < -0.39 is 5.97 Å². The Morgan fingerprint density at radius 1 is 0.917 bits per heavy atom. The minimum absolute atomic E-state index is 0.00853. The van der Waals surface area contributed by atoms with E-state index in [-0.39, 0.29) is 11.9 Å². The van der Waals surface area contributed by atoms with Gasteiger partial charge in [0.25, 0.3) is 0 Å². The maximum Gasteiger partial charge on any atom is 0.328 e. The van der Waals surface area contributed by atoms with Crippen molar-refractivity contribution < 1.29 is 20.1 Å². The monoisotopic (exact) mass is 336 g/mol. The fourth-order valence-corrected chi connectivity index (χ4v) is 2.21. The first-order chi connectivity index (χ1) is 11.6. The Hall–Kier alpha value is -1.81. The number of unbranched alkanes of at least 4 members (excludes halogenated alkanes) is 5. The molecule has 0 aliphatic carbocycles. The minimum atomic E-state index is -1.04. The van der Waals surface area contributed by atoms with Gasteiger partial charge in [-0.3, -0.25) is 0 Å². The Labute approximate surface area is 145 Å². The van der Waals surface area contributed by atoms with Gasteiger partial charge in [-0.1, -0.05) is 63.3 Å². The number of carboxylic acids is 1. The molecule has 0 aromatic carbocycles. The van der Waals surface area contributed by atoms with Crippen LogP contribution in [0.25, 0.3) is 0 Å². The first kappa shape index (κ1) is 22.2. The lowest BCUT2D eigenvalue weighted by Gasteiger charge is -2.09. The molecule has 0 aromatic heterocycles. The van der Waals surface area contributed by atoms with Crippen LogP contribution in [0.1, 0.15) is 64.7 Å². The molecule has 0 aliphatic rings. The second-order valence-corrected chi connectivity index (χ2v) is 5.86. The molecule has 0 amide bonds. The topological polar surface area (TPSA) is 77.8 Å². The van der Waals surface area contributed by atoms with E-state index in [0.717, 1.165) is 51.0 Å². The van der Waals surface area contributed by atoms with Crippen LogP contribution in [0.5, 0.6) is 0 Å². The van der Waals surface area contributed by atoms with Gasteiger partial charge in [-0.2, -0.15) is 0 Å². The summed E-state index contributed by atoms with van der Waals surface area (Å²) in [6.45, 7) is 2.17. The highest BCUT2D eigenvalue weighted by Crippen LogP contribution is 2.11. The molecule has 0 saturated heterocycles. The highest BCUT2D eigenvalue weighted by molar-refractivity contribution is 5.80. The van der Waals surface area contributed by atoms with Gasteiger partial charge in [0.15, 0.2) is 0 Å². The van der Waals surface area contributed by atoms with E-state index in [2.05, 4.69) is 6.92 Å². The van der Waals surface area contributed by atoms with E-state index in [4.69, 9.17) is 5.11 Å². The van der Waals surface area contributed by atoms with E-state index in [1.54, 1.807) is 6.08 Å². The van der Waals surface area contributed by atoms with Gasteiger partial charge >= 0.3 is 5.97 Å². The number of hydrogen-bond acceptors (Lipinski definition) is 3. The largest absolute Gasteiger partial charge is 0.508 e. The van der Waals surface area contributed by atoms with Crippen molar-refractivity contribution in [1.29, 1.82) is 0 Å². The molecule has 0 spiro atoms. The van der Waals surface area contributed by atoms with E-state index in [1.165, 1.54) is 31.1 Å². The summed E-state index contributed by atoms with van der Waals surface area (Å²) in [5.74, 6) is -1.04. The van der Waals surface area contributed by atoms with Gasteiger partial charge in [-0.15, -0.1) is 0 Å². The minimum Gasteiger partial charge on any atom is -0.508 e. The second kappa shape index (κ2) is 16.1. The summed E-state index contributed by atoms with van der Waals surface area (Å²) in [7, 11) is 0. The standard InChI is InChI=1S/C20H32O4/c1-2-3-9-13-18(21)14-10-7-5-4-6-8-11-15-19(22)16-12-17-20(23)24/h6,8,11-12,15-18,21-22H,2-5,7,9-10,13-14H2,1H3,(H,23,24)/b8-6+,15-11+,17-12+,19-16-. The lowest BCUT2D eigenvalue weighted by Crippen LogP contribution is -2.05. The smallest absolute Gasteiger partial charge is 0.328 e. The fourth-order valence-electron chi connectivity index (χ4n) is 2.21. The number of carboxylic acid groups (broad SMARTS) is 1. The van der Waals surface area contributed by atoms with E-state index >= 15 is 0 Å². The summed E-state index contributed by atoms with van der Waals surface area (Å²) in [6, 6.07) is 0. The first-order valence-electron chi connectivity index (χ1n) is 8.87. The van der Waals surface area contributed by atoms with Crippen molar-refractivity contribution in [2.75, 3.05) is 0 Å². The lowest BCUT2D eigenvalue weighted by atomic mass is 10.0. The molecule has 0 rings (SSSR count). The molecule has 4 nitrogen and oxygen atoms in total. The summed E-state index contributed by atoms with van der Waals surface area (Å²) in [5, 5.41) is 27.6. The van der Waals surface area contributed by atoms with Crippen molar-refractivity contribution >= 4 is 5.97 Å². The van der Waals surface area contributed by atoms with Crippen molar-refractivity contribution in [2.24, 2.45) is 0 Å². The van der Waals surface area contributed by atoms with Gasteiger partial charge in [-0.05, 0) is 37.8 Å². The number of aliphatic hydroxyl groups excluding tert-OH is 2. The molecule has 24 heavy (non-hydrogen) atoms. The Balaban J connectivity index is 3.65. The predicted molar refractivity (Wildman–Crippen MR) is 99.0 cm³/mol. The first-order valence-corrected chi connectivity index (χ1v) is 8.87. The zero-order valence-electron chi connectivity index (χ0n) is 14.7. The molecular weight excluding hydrogens is 304 g/mol. The molecule has 3 N–H and O–H groups in total. The number of rotatable bonds is 14. The summed E-state index contributed by atoms with van der Waals surface area (Å²) in [5.41, 5.74) is 0. The number of carbonyl (C=O) groups is 1. The van der Waals surface area contributed by atoms with Gasteiger partial charge in [-0.25, -0.2) is 4.79 Å². The van der Waals surface area contributed by atoms with E-state index in [9.17, 15) is 15.0 Å². The van der Waals surface area contributed by atoms with Crippen LogP contribution in [0.4, 0.5) is 0 Å². The maximum atomic E-state index is 10.2. The van der Waals surface area contributed by atoms with Crippen molar-refractivity contribution in [3.63, 3.8) is 0 Å². The van der Waals surface area contributed by atoms with Gasteiger partial charge in [0.05, 0.1) is 6.10 Å². The number of aliphatic hydroxyl groups is 2. The Morgan fingerprint density at radius 2 is 1.62 bits per heavy atom. The van der Waals surface area contributed by atoms with Gasteiger partial charge < -0.3 is 15.3 Å². The van der Waals surface area contributed by atoms with Crippen LogP contribution in [0, 0.1) is 0 Å². The number of aliphatic carboxylic acids is 1. The molecule has 0 saturated carbocycles. The highest BCUT2D eigenvalue weighted by Gasteiger charge is 2.02. The van der Waals surface area contributed by atoms with Crippen LogP contribution >= 0.6 is 0 Å². The van der Waals surface area contributed by atoms with Crippen molar-refractivity contribution in [3.05, 3.63) is 48.3 Å². The maximum absolute atomic E-state index is 10.2. The lowest BCUT2D eigenvalue weighted by molar-refractivity contribution is -0.131. The average molecular weight is 336 g/mol. The summed E-state index contributed by atoms with van der Waals surface area (Å²) in [6.07, 6.45) is 20.2. The van der Waals surface area contributed by atoms with Crippen molar-refractivity contribution in [1.82, 2.24) is 0 Å². The molecule has 0 bridgehead atoms. The molecule has 0 fully saturated rings. The molecule has 1 atom stereocenters. The van der Waals surface area contributed by atoms with Gasteiger partial charge in [0.2, 0.25) is 0 Å². The zero-order chi connectivity index (χ0) is 18.0. The molecule has 1 unspecified atom stereocenters. The quantitative estimate of drug-likeness (QED) is 0.179. The third-order valence-corrected chi connectivity index (χ3v) is 3.57. The predicted octanol–water partition coefficient (Wildman–Crippen LogP) is 5.07. The third kappa shape index (κ3) is 16.6. The van der Waals surface area contributed by atoms with Crippen LogP contribution in [-0.4, -0.2) is 27.4 Å². The molecule has 0 aromatic rings. The number of hydrogen-bond donors (Lipinski definition) is 3. The van der Waals surface area contributed by atoms with Crippen LogP contribution in [0.15, 0.2) is 48.3 Å². The van der Waals surface area contributed by atoms with Crippen LogP contribution in [0.2, 0.25) is 0 Å². The summed E-state index contributed by atoms with van der Waals surface area (Å²) >= 11 is 0. The van der Waals surface area contributed by atoms with Crippen molar-refractivity contribution in [2.45, 2.75) is 70.8 Å². The molecular formula is C20H32O4. The van der Waals surface area contributed by atoms with E-state index in [1.807, 2.05) is 12.2 Å². The highest BCUT2D eigenvalue weighted by atomic mass is 16.4. The molecule has 0 aliphatic heterocycles. The average Bonchev–Trinajstić information content (AvgIpc) is 2.53. The SMILES string of the molecule is CCCCCC(O)CCCCC/C=C/C=C/C(O)=C/C=C/C(=O)O. The van der Waals surface area contributed by atoms with Gasteiger partial charge in [0.1, 0.15) is 5.76 Å². The van der Waals surface area contributed by atoms with E-state index in [0.29, 0.717) is 0 Å². The molecule has 0 heterocycles. The third-order valence-electron chi connectivity index (χ3n) is 3.57. The van der Waals surface area contributed by atoms with Gasteiger partial charge in [0, 0.05) is 6.08 Å². The summed E-state index contributed by atoms with van der Waals surface area (Å²) < 4.78 is 0. The Bertz CT molecular complexity index is 433. The number of allylic oxidation sites excluding steroid dienone is 6. The Kier molecular flexibility index (Phi) is 14.9. The second-order valence-electron chi connectivity index (χ2n) is 5.86. The normalized spacial score (nSPS) is 14.2. The Morgan fingerprint density at radius 3 is 2.29 bits per heavy atom. The van der Waals surface area contributed by atoms with Crippen LogP contribution < -0.4 is 0 Å². The van der Waals surface area contributed by atoms with Crippen LogP contribution in [-0.2, 0) is 4.79 Å². The van der Waals surface area contributed by atoms with Crippen LogP contribution in [0.3, 0.4) is 0 Å². The molecule has 4 heteroatoms. The zero-order valence-corrected chi connectivity index (χ0v) is 14.7. The fraction of sp³-hybridized carbons (Fsp3) is 0.550. The summed E-state index contributed by atoms with van der Waals surface area (Å²) in [4.78, 5) is 10.2.